The molecule has 2 rings (SSSR count). The van der Waals surface area contributed by atoms with Crippen LogP contribution in [0.15, 0.2) is 36.4 Å². The number of carbonyl (C=O) groups excluding carboxylic acids is 2. The van der Waals surface area contributed by atoms with Crippen LogP contribution in [0.25, 0.3) is 0 Å². The van der Waals surface area contributed by atoms with Crippen LogP contribution in [0, 0.1) is 5.82 Å². The fourth-order valence-electron chi connectivity index (χ4n) is 2.58. The van der Waals surface area contributed by atoms with Crippen molar-refractivity contribution in [2.75, 3.05) is 7.05 Å². The Bertz CT molecular complexity index is 841. The van der Waals surface area contributed by atoms with E-state index < -0.39 is 17.8 Å². The van der Waals surface area contributed by atoms with Crippen LogP contribution < -0.4 is 5.32 Å². The molecule has 0 spiro atoms. The van der Waals surface area contributed by atoms with Gasteiger partial charge in [0, 0.05) is 24.2 Å². The van der Waals surface area contributed by atoms with E-state index in [1.54, 1.807) is 25.1 Å². The number of likely N-dealkylation sites (N-methyl/N-ethyl adjacent to an activating group) is 1. The maximum Gasteiger partial charge on any atom is 0.242 e. The first-order valence-electron chi connectivity index (χ1n) is 8.12. The van der Waals surface area contributed by atoms with Gasteiger partial charge in [-0.15, -0.1) is 0 Å². The molecule has 0 saturated carbocycles. The van der Waals surface area contributed by atoms with Crippen molar-refractivity contribution in [3.8, 4) is 0 Å². The van der Waals surface area contributed by atoms with Crippen molar-refractivity contribution in [1.29, 1.82) is 0 Å². The number of carbonyl (C=O) groups is 2. The molecule has 0 aromatic heterocycles. The average Bonchev–Trinajstić information content (AvgIpc) is 2.64. The molecule has 0 fully saturated rings. The molecule has 0 aliphatic carbocycles. The highest BCUT2D eigenvalue weighted by molar-refractivity contribution is 6.42. The van der Waals surface area contributed by atoms with E-state index in [0.29, 0.717) is 15.6 Å². The summed E-state index contributed by atoms with van der Waals surface area (Å²) in [4.78, 5) is 26.3. The molecule has 0 saturated heterocycles. The van der Waals surface area contributed by atoms with Crippen LogP contribution in [-0.4, -0.2) is 29.8 Å². The third-order valence-corrected chi connectivity index (χ3v) is 5.23. The Hall–Kier alpha value is -1.82. The molecule has 2 aromatic carbocycles. The molecule has 0 bridgehead atoms. The standard InChI is InChI=1S/C19H18Cl3FN2O2/c1-11(19(27)24-2)25(10-12-6-7-15(21)16(22)8-12)18(26)9-13-14(20)4-3-5-17(13)23/h3-8,11H,9-10H2,1-2H3,(H,24,27)/t11-/m0/s1. The number of nitrogens with zero attached hydrogens (tertiary/aromatic N) is 1. The van der Waals surface area contributed by atoms with Crippen molar-refractivity contribution in [3.63, 3.8) is 0 Å². The molecule has 4 nitrogen and oxygen atoms in total. The molecular weight excluding hydrogens is 414 g/mol. The van der Waals surface area contributed by atoms with Crippen LogP contribution in [0.5, 0.6) is 0 Å². The minimum Gasteiger partial charge on any atom is -0.357 e. The molecule has 144 valence electrons. The summed E-state index contributed by atoms with van der Waals surface area (Å²) in [6.45, 7) is 1.70. The molecule has 1 N–H and O–H groups in total. The summed E-state index contributed by atoms with van der Waals surface area (Å²) in [6, 6.07) is 8.38. The lowest BCUT2D eigenvalue weighted by atomic mass is 10.1. The molecule has 0 unspecified atom stereocenters. The molecule has 2 aromatic rings. The van der Waals surface area contributed by atoms with Crippen LogP contribution in [-0.2, 0) is 22.6 Å². The number of benzene rings is 2. The zero-order valence-corrected chi connectivity index (χ0v) is 17.0. The molecule has 8 heteroatoms. The molecule has 0 heterocycles. The summed E-state index contributed by atoms with van der Waals surface area (Å²) in [5, 5.41) is 3.39. The van der Waals surface area contributed by atoms with E-state index in [-0.39, 0.29) is 29.5 Å². The highest BCUT2D eigenvalue weighted by atomic mass is 35.5. The van der Waals surface area contributed by atoms with E-state index >= 15 is 0 Å². The topological polar surface area (TPSA) is 49.4 Å². The Morgan fingerprint density at radius 3 is 2.41 bits per heavy atom. The van der Waals surface area contributed by atoms with E-state index in [0.717, 1.165) is 0 Å². The van der Waals surface area contributed by atoms with E-state index in [1.807, 2.05) is 0 Å². The first-order valence-corrected chi connectivity index (χ1v) is 9.25. The fraction of sp³-hybridized carbons (Fsp3) is 0.263. The number of rotatable bonds is 6. The maximum absolute atomic E-state index is 14.1. The third kappa shape index (κ3) is 5.34. The summed E-state index contributed by atoms with van der Waals surface area (Å²) >= 11 is 18.0. The van der Waals surface area contributed by atoms with Gasteiger partial charge in [0.05, 0.1) is 16.5 Å². The van der Waals surface area contributed by atoms with Gasteiger partial charge in [-0.3, -0.25) is 9.59 Å². The molecule has 27 heavy (non-hydrogen) atoms. The number of hydrogen-bond acceptors (Lipinski definition) is 2. The highest BCUT2D eigenvalue weighted by Gasteiger charge is 2.27. The first kappa shape index (κ1) is 21.5. The lowest BCUT2D eigenvalue weighted by Crippen LogP contribution is -2.47. The fourth-order valence-corrected chi connectivity index (χ4v) is 3.13. The summed E-state index contributed by atoms with van der Waals surface area (Å²) in [5.74, 6) is -1.36. The lowest BCUT2D eigenvalue weighted by Gasteiger charge is -2.28. The number of halogens is 4. The van der Waals surface area contributed by atoms with Gasteiger partial charge < -0.3 is 10.2 Å². The van der Waals surface area contributed by atoms with Crippen molar-refractivity contribution >= 4 is 46.6 Å². The molecule has 0 aliphatic rings. The van der Waals surface area contributed by atoms with E-state index in [9.17, 15) is 14.0 Å². The number of nitrogens with one attached hydrogen (secondary N) is 1. The monoisotopic (exact) mass is 430 g/mol. The zero-order valence-electron chi connectivity index (χ0n) is 14.7. The van der Waals surface area contributed by atoms with Gasteiger partial charge in [-0.1, -0.05) is 46.9 Å². The van der Waals surface area contributed by atoms with Gasteiger partial charge >= 0.3 is 0 Å². The van der Waals surface area contributed by atoms with Gasteiger partial charge in [0.2, 0.25) is 11.8 Å². The van der Waals surface area contributed by atoms with Gasteiger partial charge in [-0.25, -0.2) is 4.39 Å². The second kappa shape index (κ2) is 9.40. The summed E-state index contributed by atoms with van der Waals surface area (Å²) in [5.41, 5.74) is 0.778. The second-order valence-corrected chi connectivity index (χ2v) is 7.16. The Labute approximate surface area is 172 Å². The highest BCUT2D eigenvalue weighted by Crippen LogP contribution is 2.25. The van der Waals surface area contributed by atoms with Gasteiger partial charge in [0.15, 0.2) is 0 Å². The quantitative estimate of drug-likeness (QED) is 0.732. The minimum absolute atomic E-state index is 0.0902. The van der Waals surface area contributed by atoms with Crippen molar-refractivity contribution in [2.24, 2.45) is 0 Å². The van der Waals surface area contributed by atoms with Crippen molar-refractivity contribution < 1.29 is 14.0 Å². The van der Waals surface area contributed by atoms with E-state index in [4.69, 9.17) is 34.8 Å². The normalized spacial score (nSPS) is 11.8. The molecule has 1 atom stereocenters. The van der Waals surface area contributed by atoms with Crippen LogP contribution in [0.1, 0.15) is 18.1 Å². The van der Waals surface area contributed by atoms with Crippen LogP contribution in [0.3, 0.4) is 0 Å². The summed E-state index contributed by atoms with van der Waals surface area (Å²) in [6.07, 6.45) is -0.270. The largest absolute Gasteiger partial charge is 0.357 e. The van der Waals surface area contributed by atoms with Crippen LogP contribution in [0.2, 0.25) is 15.1 Å². The molecule has 0 radical (unpaired) electrons. The maximum atomic E-state index is 14.1. The Morgan fingerprint density at radius 2 is 1.81 bits per heavy atom. The molecular formula is C19H18Cl3FN2O2. The predicted molar refractivity (Wildman–Crippen MR) is 106 cm³/mol. The van der Waals surface area contributed by atoms with Crippen LogP contribution >= 0.6 is 34.8 Å². The Kier molecular flexibility index (Phi) is 7.48. The van der Waals surface area contributed by atoms with E-state index in [1.165, 1.54) is 30.1 Å². The average molecular weight is 432 g/mol. The van der Waals surface area contributed by atoms with Crippen molar-refractivity contribution in [2.45, 2.75) is 25.9 Å². The molecule has 2 amide bonds. The van der Waals surface area contributed by atoms with Crippen LogP contribution in [0.4, 0.5) is 4.39 Å². The number of hydrogen-bond donors (Lipinski definition) is 1. The van der Waals surface area contributed by atoms with Gasteiger partial charge in [-0.05, 0) is 36.8 Å². The Balaban J connectivity index is 2.32. The second-order valence-electron chi connectivity index (χ2n) is 5.94. The van der Waals surface area contributed by atoms with E-state index in [2.05, 4.69) is 5.32 Å². The third-order valence-electron chi connectivity index (χ3n) is 4.14. The molecule has 0 aliphatic heterocycles. The zero-order chi connectivity index (χ0) is 20.1. The first-order chi connectivity index (χ1) is 12.7. The minimum atomic E-state index is -0.775. The van der Waals surface area contributed by atoms with Crippen molar-refractivity contribution in [1.82, 2.24) is 10.2 Å². The number of amides is 2. The van der Waals surface area contributed by atoms with Gasteiger partial charge in [0.25, 0.3) is 0 Å². The summed E-state index contributed by atoms with van der Waals surface area (Å²) < 4.78 is 14.1. The Morgan fingerprint density at radius 1 is 1.11 bits per heavy atom. The van der Waals surface area contributed by atoms with Gasteiger partial charge in [0.1, 0.15) is 11.9 Å². The summed E-state index contributed by atoms with van der Waals surface area (Å²) in [7, 11) is 1.48. The SMILES string of the molecule is CNC(=O)[C@H](C)N(Cc1ccc(Cl)c(Cl)c1)C(=O)Cc1c(F)cccc1Cl. The van der Waals surface area contributed by atoms with Gasteiger partial charge in [-0.2, -0.15) is 0 Å². The lowest BCUT2D eigenvalue weighted by molar-refractivity contribution is -0.139. The van der Waals surface area contributed by atoms with Crippen molar-refractivity contribution in [3.05, 3.63) is 68.4 Å². The predicted octanol–water partition coefficient (Wildman–Crippen LogP) is 4.49. The smallest absolute Gasteiger partial charge is 0.242 e.